The van der Waals surface area contributed by atoms with E-state index in [-0.39, 0.29) is 36.0 Å². The monoisotopic (exact) mass is 329 g/mol. The van der Waals surface area contributed by atoms with Crippen LogP contribution in [-0.4, -0.2) is 33.3 Å². The first kappa shape index (κ1) is 15.4. The number of fused-ring (bicyclic) bond motifs is 1. The highest BCUT2D eigenvalue weighted by atomic mass is 19.1. The number of carbonyl (C=O) groups is 1. The Morgan fingerprint density at radius 1 is 1.29 bits per heavy atom. The summed E-state index contributed by atoms with van der Waals surface area (Å²) in [7, 11) is 0. The molecule has 24 heavy (non-hydrogen) atoms. The number of hydrogen-bond acceptors (Lipinski definition) is 4. The van der Waals surface area contributed by atoms with Crippen LogP contribution in [0.4, 0.5) is 4.39 Å². The van der Waals surface area contributed by atoms with Crippen LogP contribution in [0.3, 0.4) is 0 Å². The molecule has 2 aromatic rings. The van der Waals surface area contributed by atoms with E-state index in [1.165, 1.54) is 0 Å². The Morgan fingerprint density at radius 2 is 2.12 bits per heavy atom. The maximum Gasteiger partial charge on any atom is 0.217 e. The molecule has 5 nitrogen and oxygen atoms in total. The van der Waals surface area contributed by atoms with E-state index in [2.05, 4.69) is 10.1 Å². The average molecular weight is 329 g/mol. The molecule has 6 heteroatoms. The maximum absolute atomic E-state index is 14.3. The zero-order valence-electron chi connectivity index (χ0n) is 13.4. The molecule has 0 radical (unpaired) electrons. The van der Waals surface area contributed by atoms with Gasteiger partial charge in [0.1, 0.15) is 0 Å². The van der Waals surface area contributed by atoms with Crippen molar-refractivity contribution in [2.24, 2.45) is 0 Å². The van der Waals surface area contributed by atoms with E-state index in [9.17, 15) is 9.18 Å². The molecule has 0 bridgehead atoms. The molecule has 126 valence electrons. The second kappa shape index (κ2) is 6.43. The predicted molar refractivity (Wildman–Crippen MR) is 85.6 cm³/mol. The van der Waals surface area contributed by atoms with E-state index in [4.69, 9.17) is 4.74 Å². The number of alkyl halides is 1. The molecular weight excluding hydrogens is 309 g/mol. The summed E-state index contributed by atoms with van der Waals surface area (Å²) < 4.78 is 21.5. The minimum absolute atomic E-state index is 0.0596. The van der Waals surface area contributed by atoms with Crippen LogP contribution in [0.15, 0.2) is 30.3 Å². The number of benzene rings is 1. The number of hydrogen-bond donors (Lipinski definition) is 0. The van der Waals surface area contributed by atoms with Crippen LogP contribution in [0.25, 0.3) is 0 Å². The van der Waals surface area contributed by atoms with Crippen LogP contribution in [0.1, 0.15) is 66.3 Å². The van der Waals surface area contributed by atoms with E-state index < -0.39 is 6.17 Å². The van der Waals surface area contributed by atoms with Gasteiger partial charge in [-0.2, -0.15) is 0 Å². The molecule has 0 aliphatic carbocycles. The average Bonchev–Trinajstić information content (AvgIpc) is 3.18. The lowest BCUT2D eigenvalue weighted by atomic mass is 10.0. The Bertz CT molecular complexity index is 725. The van der Waals surface area contributed by atoms with E-state index in [1.807, 2.05) is 30.3 Å². The van der Waals surface area contributed by atoms with Crippen LogP contribution in [0.5, 0.6) is 0 Å². The van der Waals surface area contributed by atoms with Gasteiger partial charge >= 0.3 is 0 Å². The number of Topliss-reactive ketones (excluding diaryl/α,β-unsaturated/α-hetero) is 1. The quantitative estimate of drug-likeness (QED) is 0.807. The van der Waals surface area contributed by atoms with Crippen molar-refractivity contribution in [1.82, 2.24) is 14.8 Å². The zero-order valence-corrected chi connectivity index (χ0v) is 13.4. The van der Waals surface area contributed by atoms with Gasteiger partial charge in [-0.1, -0.05) is 30.3 Å². The molecule has 1 aromatic heterocycles. The molecule has 1 aromatic carbocycles. The molecule has 0 spiro atoms. The van der Waals surface area contributed by atoms with Gasteiger partial charge in [-0.3, -0.25) is 4.79 Å². The van der Waals surface area contributed by atoms with Gasteiger partial charge in [-0.25, -0.2) is 14.1 Å². The molecule has 0 N–H and O–H groups in total. The van der Waals surface area contributed by atoms with Crippen molar-refractivity contribution in [3.63, 3.8) is 0 Å². The summed E-state index contributed by atoms with van der Waals surface area (Å²) in [6.07, 6.45) is 2.36. The third-order valence-electron chi connectivity index (χ3n) is 4.78. The first-order chi connectivity index (χ1) is 11.7. The van der Waals surface area contributed by atoms with Gasteiger partial charge in [0, 0.05) is 19.4 Å². The molecular formula is C18H20FN3O2. The van der Waals surface area contributed by atoms with Gasteiger partial charge in [0.2, 0.25) is 11.6 Å². The van der Waals surface area contributed by atoms with Crippen molar-refractivity contribution in [3.05, 3.63) is 47.5 Å². The zero-order chi connectivity index (χ0) is 16.5. The first-order valence-electron chi connectivity index (χ1n) is 8.52. The highest BCUT2D eigenvalue weighted by molar-refractivity contribution is 5.92. The van der Waals surface area contributed by atoms with E-state index in [0.29, 0.717) is 13.0 Å². The fourth-order valence-electron chi connectivity index (χ4n) is 3.52. The van der Waals surface area contributed by atoms with Gasteiger partial charge < -0.3 is 4.74 Å². The highest BCUT2D eigenvalue weighted by Crippen LogP contribution is 2.39. The summed E-state index contributed by atoms with van der Waals surface area (Å²) in [5, 5.41) is 4.32. The van der Waals surface area contributed by atoms with Crippen LogP contribution in [0.2, 0.25) is 0 Å². The summed E-state index contributed by atoms with van der Waals surface area (Å²) in [5.41, 5.74) is 0.985. The second-order valence-electron chi connectivity index (χ2n) is 6.48. The summed E-state index contributed by atoms with van der Waals surface area (Å²) >= 11 is 0. The second-order valence-corrected chi connectivity index (χ2v) is 6.48. The lowest BCUT2D eigenvalue weighted by Gasteiger charge is -2.21. The van der Waals surface area contributed by atoms with Crippen molar-refractivity contribution in [1.29, 1.82) is 0 Å². The van der Waals surface area contributed by atoms with Crippen molar-refractivity contribution < 1.29 is 13.9 Å². The largest absolute Gasteiger partial charge is 0.378 e. The molecule has 1 fully saturated rings. The summed E-state index contributed by atoms with van der Waals surface area (Å²) in [6, 6.07) is 9.47. The van der Waals surface area contributed by atoms with Crippen molar-refractivity contribution >= 4 is 5.78 Å². The van der Waals surface area contributed by atoms with Gasteiger partial charge in [-0.15, -0.1) is 5.10 Å². The smallest absolute Gasteiger partial charge is 0.217 e. The molecule has 0 saturated carbocycles. The standard InChI is InChI=1S/C18H20FN3O2/c19-14-11-15(12-6-2-1-3-7-12)22-18(14)20-17(21-22)16(23)10-13-8-4-5-9-24-13/h1-3,6-7,13-15H,4-5,8-11H2/t13?,14-,15-/m0/s1. The third-order valence-corrected chi connectivity index (χ3v) is 4.78. The summed E-state index contributed by atoms with van der Waals surface area (Å²) in [6.45, 7) is 0.702. The fourth-order valence-corrected chi connectivity index (χ4v) is 3.52. The van der Waals surface area contributed by atoms with Crippen molar-refractivity contribution in [2.75, 3.05) is 6.61 Å². The molecule has 4 rings (SSSR count). The van der Waals surface area contributed by atoms with E-state index in [0.717, 1.165) is 24.8 Å². The topological polar surface area (TPSA) is 57.0 Å². The number of carbonyl (C=O) groups excluding carboxylic acids is 1. The Labute approximate surface area is 139 Å². The van der Waals surface area contributed by atoms with Crippen LogP contribution in [-0.2, 0) is 4.74 Å². The molecule has 0 amide bonds. The SMILES string of the molecule is O=C(CC1CCCCO1)c1nc2n(n1)[C@H](c1ccccc1)C[C@@H]2F. The number of nitrogens with zero attached hydrogens (tertiary/aromatic N) is 3. The fraction of sp³-hybridized carbons (Fsp3) is 0.500. The third kappa shape index (κ3) is 2.86. The Hall–Kier alpha value is -2.08. The minimum atomic E-state index is -1.19. The number of aromatic nitrogens is 3. The Morgan fingerprint density at radius 3 is 2.88 bits per heavy atom. The minimum Gasteiger partial charge on any atom is -0.378 e. The lowest BCUT2D eigenvalue weighted by Crippen LogP contribution is -2.23. The molecule has 1 unspecified atom stereocenters. The van der Waals surface area contributed by atoms with Gasteiger partial charge in [0.15, 0.2) is 12.0 Å². The number of ether oxygens (including phenoxy) is 1. The van der Waals surface area contributed by atoms with Crippen LogP contribution in [0, 0.1) is 0 Å². The van der Waals surface area contributed by atoms with E-state index >= 15 is 0 Å². The molecule has 3 atom stereocenters. The van der Waals surface area contributed by atoms with Crippen LogP contribution < -0.4 is 0 Å². The Balaban J connectivity index is 1.55. The summed E-state index contributed by atoms with van der Waals surface area (Å²) in [5.74, 6) is 0.210. The lowest BCUT2D eigenvalue weighted by molar-refractivity contribution is 0.0126. The molecule has 2 aliphatic rings. The van der Waals surface area contributed by atoms with Crippen molar-refractivity contribution in [2.45, 2.75) is 50.4 Å². The number of ketones is 1. The predicted octanol–water partition coefficient (Wildman–Crippen LogP) is 3.42. The van der Waals surface area contributed by atoms with Crippen LogP contribution >= 0.6 is 0 Å². The molecule has 2 aliphatic heterocycles. The number of rotatable bonds is 4. The molecule has 1 saturated heterocycles. The van der Waals surface area contributed by atoms with Crippen molar-refractivity contribution in [3.8, 4) is 0 Å². The first-order valence-corrected chi connectivity index (χ1v) is 8.52. The van der Waals surface area contributed by atoms with Gasteiger partial charge in [0.05, 0.1) is 12.1 Å². The normalized spacial score (nSPS) is 26.3. The highest BCUT2D eigenvalue weighted by Gasteiger charge is 2.36. The van der Waals surface area contributed by atoms with E-state index in [1.54, 1.807) is 4.68 Å². The maximum atomic E-state index is 14.3. The summed E-state index contributed by atoms with van der Waals surface area (Å²) in [4.78, 5) is 16.6. The van der Waals surface area contributed by atoms with Gasteiger partial charge in [0.25, 0.3) is 0 Å². The van der Waals surface area contributed by atoms with Gasteiger partial charge in [-0.05, 0) is 24.8 Å². The number of halogens is 1. The Kier molecular flexibility index (Phi) is 4.14. The molecule has 3 heterocycles.